The lowest BCUT2D eigenvalue weighted by Gasteiger charge is -2.18. The molecule has 1 unspecified atom stereocenters. The molecule has 0 aromatic carbocycles. The molecule has 1 aliphatic rings. The summed E-state index contributed by atoms with van der Waals surface area (Å²) in [6, 6.07) is 4.34. The fourth-order valence-corrected chi connectivity index (χ4v) is 2.07. The van der Waals surface area contributed by atoms with Crippen LogP contribution < -0.4 is 4.90 Å². The second-order valence-electron chi connectivity index (χ2n) is 4.94. The molecule has 1 aromatic rings. The van der Waals surface area contributed by atoms with Gasteiger partial charge in [0.1, 0.15) is 11.6 Å². The van der Waals surface area contributed by atoms with E-state index in [1.165, 1.54) is 0 Å². The molecule has 2 heterocycles. The molecule has 0 aliphatic carbocycles. The van der Waals surface area contributed by atoms with Crippen LogP contribution in [0, 0.1) is 24.2 Å². The summed E-state index contributed by atoms with van der Waals surface area (Å²) >= 11 is 0. The van der Waals surface area contributed by atoms with Crippen molar-refractivity contribution in [3.63, 3.8) is 0 Å². The third-order valence-corrected chi connectivity index (χ3v) is 3.07. The molecular weight excluding hydrogens is 212 g/mol. The van der Waals surface area contributed by atoms with Crippen LogP contribution in [0.1, 0.15) is 37.7 Å². The van der Waals surface area contributed by atoms with E-state index in [-0.39, 0.29) is 5.92 Å². The highest BCUT2D eigenvalue weighted by Crippen LogP contribution is 2.23. The number of aromatic nitrogens is 2. The largest absolute Gasteiger partial charge is 0.355 e. The van der Waals surface area contributed by atoms with Crippen LogP contribution in [-0.2, 0) is 0 Å². The first-order valence-electron chi connectivity index (χ1n) is 6.10. The molecule has 0 amide bonds. The summed E-state index contributed by atoms with van der Waals surface area (Å²) in [6.07, 6.45) is 0.941. The predicted octanol–water partition coefficient (Wildman–Crippen LogP) is 2.26. The molecular formula is C13H18N4. The molecule has 0 saturated carbocycles. The van der Waals surface area contributed by atoms with Gasteiger partial charge in [-0.05, 0) is 13.3 Å². The van der Waals surface area contributed by atoms with E-state index in [2.05, 4.69) is 34.8 Å². The van der Waals surface area contributed by atoms with Crippen molar-refractivity contribution in [3.05, 3.63) is 17.6 Å². The SMILES string of the molecule is Cc1cc(N2CCC(C#N)C2)nc(C(C)C)n1. The molecule has 1 aromatic heterocycles. The lowest BCUT2D eigenvalue weighted by molar-refractivity contribution is 0.744. The van der Waals surface area contributed by atoms with Crippen molar-refractivity contribution in [1.29, 1.82) is 5.26 Å². The lowest BCUT2D eigenvalue weighted by Crippen LogP contribution is -2.21. The predicted molar refractivity (Wildman–Crippen MR) is 66.8 cm³/mol. The minimum atomic E-state index is 0.146. The van der Waals surface area contributed by atoms with E-state index in [0.29, 0.717) is 5.92 Å². The Morgan fingerprint density at radius 3 is 2.82 bits per heavy atom. The zero-order valence-electron chi connectivity index (χ0n) is 10.6. The van der Waals surface area contributed by atoms with Crippen molar-refractivity contribution in [2.24, 2.45) is 5.92 Å². The third-order valence-electron chi connectivity index (χ3n) is 3.07. The lowest BCUT2D eigenvalue weighted by atomic mass is 10.1. The van der Waals surface area contributed by atoms with E-state index in [4.69, 9.17) is 5.26 Å². The standard InChI is InChI=1S/C13H18N4/c1-9(2)13-15-10(3)6-12(16-13)17-5-4-11(7-14)8-17/h6,9,11H,4-5,8H2,1-3H3. The molecule has 1 atom stereocenters. The summed E-state index contributed by atoms with van der Waals surface area (Å²) in [7, 11) is 0. The minimum absolute atomic E-state index is 0.146. The topological polar surface area (TPSA) is 52.8 Å². The average Bonchev–Trinajstić information content (AvgIpc) is 2.76. The van der Waals surface area contributed by atoms with Gasteiger partial charge in [-0.1, -0.05) is 13.8 Å². The number of hydrogen-bond donors (Lipinski definition) is 0. The highest BCUT2D eigenvalue weighted by molar-refractivity contribution is 5.41. The van der Waals surface area contributed by atoms with Gasteiger partial charge in [-0.2, -0.15) is 5.26 Å². The molecule has 1 fully saturated rings. The maximum Gasteiger partial charge on any atom is 0.133 e. The van der Waals surface area contributed by atoms with E-state index in [0.717, 1.165) is 36.8 Å². The van der Waals surface area contributed by atoms with Crippen molar-refractivity contribution < 1.29 is 0 Å². The Morgan fingerprint density at radius 2 is 2.24 bits per heavy atom. The minimum Gasteiger partial charge on any atom is -0.355 e. The molecule has 2 rings (SSSR count). The van der Waals surface area contributed by atoms with Crippen LogP contribution in [-0.4, -0.2) is 23.1 Å². The molecule has 0 N–H and O–H groups in total. The van der Waals surface area contributed by atoms with Crippen LogP contribution in [0.15, 0.2) is 6.07 Å². The van der Waals surface area contributed by atoms with E-state index in [1.807, 2.05) is 13.0 Å². The van der Waals surface area contributed by atoms with Gasteiger partial charge in [-0.3, -0.25) is 0 Å². The molecule has 4 heteroatoms. The Balaban J connectivity index is 2.25. The number of nitrogens with zero attached hydrogens (tertiary/aromatic N) is 4. The van der Waals surface area contributed by atoms with Crippen LogP contribution in [0.25, 0.3) is 0 Å². The van der Waals surface area contributed by atoms with Crippen LogP contribution in [0.3, 0.4) is 0 Å². The van der Waals surface area contributed by atoms with Crippen LogP contribution >= 0.6 is 0 Å². The Labute approximate surface area is 102 Å². The van der Waals surface area contributed by atoms with E-state index in [9.17, 15) is 0 Å². The Morgan fingerprint density at radius 1 is 1.47 bits per heavy atom. The van der Waals surface area contributed by atoms with Crippen molar-refractivity contribution in [1.82, 2.24) is 9.97 Å². The normalized spacial score (nSPS) is 19.7. The van der Waals surface area contributed by atoms with E-state index in [1.54, 1.807) is 0 Å². The van der Waals surface area contributed by atoms with Gasteiger partial charge in [-0.25, -0.2) is 9.97 Å². The number of hydrogen-bond acceptors (Lipinski definition) is 4. The van der Waals surface area contributed by atoms with Gasteiger partial charge in [0, 0.05) is 30.8 Å². The first-order valence-corrected chi connectivity index (χ1v) is 6.10. The summed E-state index contributed by atoms with van der Waals surface area (Å²) in [5.74, 6) is 2.34. The summed E-state index contributed by atoms with van der Waals surface area (Å²) in [6.45, 7) is 7.91. The van der Waals surface area contributed by atoms with Crippen molar-refractivity contribution in [2.75, 3.05) is 18.0 Å². The van der Waals surface area contributed by atoms with E-state index >= 15 is 0 Å². The highest BCUT2D eigenvalue weighted by atomic mass is 15.2. The van der Waals surface area contributed by atoms with Gasteiger partial charge in [0.05, 0.1) is 12.0 Å². The maximum atomic E-state index is 8.92. The smallest absolute Gasteiger partial charge is 0.133 e. The monoisotopic (exact) mass is 230 g/mol. The Kier molecular flexibility index (Phi) is 3.28. The summed E-state index contributed by atoms with van der Waals surface area (Å²) in [5.41, 5.74) is 0.999. The zero-order chi connectivity index (χ0) is 12.4. The molecule has 0 bridgehead atoms. The van der Waals surface area contributed by atoms with Crippen molar-refractivity contribution in [3.8, 4) is 6.07 Å². The van der Waals surface area contributed by atoms with Crippen molar-refractivity contribution in [2.45, 2.75) is 33.1 Å². The fraction of sp³-hybridized carbons (Fsp3) is 0.615. The maximum absolute atomic E-state index is 8.92. The Hall–Kier alpha value is -1.63. The summed E-state index contributed by atoms with van der Waals surface area (Å²) in [4.78, 5) is 11.2. The fourth-order valence-electron chi connectivity index (χ4n) is 2.07. The summed E-state index contributed by atoms with van der Waals surface area (Å²) < 4.78 is 0. The second-order valence-corrected chi connectivity index (χ2v) is 4.94. The number of nitriles is 1. The number of aryl methyl sites for hydroxylation is 1. The van der Waals surface area contributed by atoms with Crippen molar-refractivity contribution >= 4 is 5.82 Å². The molecule has 0 spiro atoms. The highest BCUT2D eigenvalue weighted by Gasteiger charge is 2.23. The number of rotatable bonds is 2. The quantitative estimate of drug-likeness (QED) is 0.782. The van der Waals surface area contributed by atoms with Gasteiger partial charge < -0.3 is 4.90 Å². The van der Waals surface area contributed by atoms with E-state index < -0.39 is 0 Å². The summed E-state index contributed by atoms with van der Waals surface area (Å²) in [5, 5.41) is 8.92. The second kappa shape index (κ2) is 4.70. The molecule has 1 aliphatic heterocycles. The zero-order valence-corrected chi connectivity index (χ0v) is 10.6. The van der Waals surface area contributed by atoms with Crippen LogP contribution in [0.2, 0.25) is 0 Å². The molecule has 90 valence electrons. The van der Waals surface area contributed by atoms with Gasteiger partial charge in [0.2, 0.25) is 0 Å². The molecule has 4 nitrogen and oxygen atoms in total. The molecule has 1 saturated heterocycles. The van der Waals surface area contributed by atoms with Crippen LogP contribution in [0.5, 0.6) is 0 Å². The van der Waals surface area contributed by atoms with Gasteiger partial charge >= 0.3 is 0 Å². The average molecular weight is 230 g/mol. The first-order chi connectivity index (χ1) is 8.10. The molecule has 17 heavy (non-hydrogen) atoms. The van der Waals surface area contributed by atoms with Crippen LogP contribution in [0.4, 0.5) is 5.82 Å². The number of anilines is 1. The first kappa shape index (κ1) is 11.8. The molecule has 0 radical (unpaired) electrons. The van der Waals surface area contributed by atoms with Gasteiger partial charge in [0.15, 0.2) is 0 Å². The Bertz CT molecular complexity index is 447. The third kappa shape index (κ3) is 2.55. The van der Waals surface area contributed by atoms with Gasteiger partial charge in [0.25, 0.3) is 0 Å². The van der Waals surface area contributed by atoms with Gasteiger partial charge in [-0.15, -0.1) is 0 Å².